The van der Waals surface area contributed by atoms with E-state index in [1.807, 2.05) is 0 Å². The number of nitrogen functional groups attached to an aromatic ring is 1. The van der Waals surface area contributed by atoms with Crippen molar-refractivity contribution in [2.24, 2.45) is 5.73 Å². The number of hydrogen-bond acceptors (Lipinski definition) is 3. The summed E-state index contributed by atoms with van der Waals surface area (Å²) in [5, 5.41) is 7.57. The molecule has 1 aromatic carbocycles. The molecule has 0 bridgehead atoms. The molecule has 0 radical (unpaired) electrons. The van der Waals surface area contributed by atoms with Crippen LogP contribution in [0.2, 0.25) is 0 Å². The SMILES string of the molecule is CC(C)c1ccc(Sc2cnccc2C(=N)N)cc1. The van der Waals surface area contributed by atoms with Crippen LogP contribution in [0.3, 0.4) is 0 Å². The van der Waals surface area contributed by atoms with E-state index in [0.717, 1.165) is 15.4 Å². The molecule has 4 heteroatoms. The molecule has 0 unspecified atom stereocenters. The number of benzene rings is 1. The van der Waals surface area contributed by atoms with Crippen molar-refractivity contribution >= 4 is 17.6 Å². The van der Waals surface area contributed by atoms with E-state index >= 15 is 0 Å². The number of nitrogens with two attached hydrogens (primary N) is 1. The quantitative estimate of drug-likeness (QED) is 0.659. The predicted molar refractivity (Wildman–Crippen MR) is 79.9 cm³/mol. The second-order valence-corrected chi connectivity index (χ2v) is 5.73. The molecule has 0 atom stereocenters. The number of hydrogen-bond donors (Lipinski definition) is 2. The van der Waals surface area contributed by atoms with Crippen molar-refractivity contribution < 1.29 is 0 Å². The molecule has 0 spiro atoms. The highest BCUT2D eigenvalue weighted by molar-refractivity contribution is 7.99. The second-order valence-electron chi connectivity index (χ2n) is 4.61. The highest BCUT2D eigenvalue weighted by atomic mass is 32.2. The Kier molecular flexibility index (Phi) is 4.22. The third-order valence-corrected chi connectivity index (χ3v) is 3.90. The zero-order chi connectivity index (χ0) is 13.8. The van der Waals surface area contributed by atoms with E-state index in [2.05, 4.69) is 43.1 Å². The van der Waals surface area contributed by atoms with E-state index in [4.69, 9.17) is 11.1 Å². The van der Waals surface area contributed by atoms with Crippen molar-refractivity contribution in [2.75, 3.05) is 0 Å². The lowest BCUT2D eigenvalue weighted by atomic mass is 10.0. The second kappa shape index (κ2) is 5.89. The standard InChI is InChI=1S/C15H17N3S/c1-10(2)11-3-5-12(6-4-11)19-14-9-18-8-7-13(14)15(16)17/h3-10H,1-2H3,(H3,16,17). The van der Waals surface area contributed by atoms with Crippen LogP contribution in [0.15, 0.2) is 52.5 Å². The molecule has 2 aromatic rings. The van der Waals surface area contributed by atoms with Crippen molar-refractivity contribution in [3.05, 3.63) is 53.9 Å². The summed E-state index contributed by atoms with van der Waals surface area (Å²) in [6, 6.07) is 10.2. The molecule has 0 aliphatic rings. The maximum atomic E-state index is 7.57. The average Bonchev–Trinajstić information content (AvgIpc) is 2.39. The summed E-state index contributed by atoms with van der Waals surface area (Å²) in [4.78, 5) is 6.13. The topological polar surface area (TPSA) is 62.8 Å². The Morgan fingerprint density at radius 3 is 2.47 bits per heavy atom. The van der Waals surface area contributed by atoms with Gasteiger partial charge in [-0.25, -0.2) is 0 Å². The number of aromatic nitrogens is 1. The van der Waals surface area contributed by atoms with Crippen LogP contribution in [-0.2, 0) is 0 Å². The van der Waals surface area contributed by atoms with Crippen LogP contribution >= 0.6 is 11.8 Å². The van der Waals surface area contributed by atoms with Gasteiger partial charge in [0.25, 0.3) is 0 Å². The first-order valence-electron chi connectivity index (χ1n) is 6.14. The third-order valence-electron chi connectivity index (χ3n) is 2.85. The molecule has 3 N–H and O–H groups in total. The van der Waals surface area contributed by atoms with Gasteiger partial charge in [0.1, 0.15) is 5.84 Å². The predicted octanol–water partition coefficient (Wildman–Crippen LogP) is 3.64. The lowest BCUT2D eigenvalue weighted by Crippen LogP contribution is -2.12. The van der Waals surface area contributed by atoms with Crippen LogP contribution in [-0.4, -0.2) is 10.8 Å². The number of amidine groups is 1. The summed E-state index contributed by atoms with van der Waals surface area (Å²) in [5.41, 5.74) is 7.63. The minimum Gasteiger partial charge on any atom is -0.384 e. The molecule has 98 valence electrons. The molecular formula is C15H17N3S. The first-order chi connectivity index (χ1) is 9.08. The molecule has 0 amide bonds. The Bertz CT molecular complexity index is 576. The summed E-state index contributed by atoms with van der Waals surface area (Å²) in [6.07, 6.45) is 3.40. The fourth-order valence-electron chi connectivity index (χ4n) is 1.73. The fourth-order valence-corrected chi connectivity index (χ4v) is 2.66. The Balaban J connectivity index is 2.24. The Labute approximate surface area is 117 Å². The van der Waals surface area contributed by atoms with Crippen LogP contribution < -0.4 is 5.73 Å². The van der Waals surface area contributed by atoms with Crippen molar-refractivity contribution in [1.82, 2.24) is 4.98 Å². The van der Waals surface area contributed by atoms with E-state index in [0.29, 0.717) is 5.92 Å². The van der Waals surface area contributed by atoms with Gasteiger partial charge in [-0.15, -0.1) is 0 Å². The van der Waals surface area contributed by atoms with Crippen LogP contribution in [0.4, 0.5) is 0 Å². The molecule has 3 nitrogen and oxygen atoms in total. The largest absolute Gasteiger partial charge is 0.384 e. The van der Waals surface area contributed by atoms with Gasteiger partial charge in [0.2, 0.25) is 0 Å². The van der Waals surface area contributed by atoms with Crippen molar-refractivity contribution in [3.63, 3.8) is 0 Å². The van der Waals surface area contributed by atoms with Crippen LogP contribution in [0, 0.1) is 5.41 Å². The highest BCUT2D eigenvalue weighted by Gasteiger charge is 2.07. The number of nitrogens with one attached hydrogen (secondary N) is 1. The highest BCUT2D eigenvalue weighted by Crippen LogP contribution is 2.30. The Morgan fingerprint density at radius 1 is 1.21 bits per heavy atom. The summed E-state index contributed by atoms with van der Waals surface area (Å²) >= 11 is 1.58. The van der Waals surface area contributed by atoms with E-state index in [1.54, 1.807) is 30.2 Å². The van der Waals surface area contributed by atoms with E-state index in [9.17, 15) is 0 Å². The minimum atomic E-state index is 0.0729. The van der Waals surface area contributed by atoms with Gasteiger partial charge in [0.15, 0.2) is 0 Å². The first-order valence-corrected chi connectivity index (χ1v) is 6.96. The van der Waals surface area contributed by atoms with Crippen LogP contribution in [0.1, 0.15) is 30.9 Å². The third kappa shape index (κ3) is 3.35. The zero-order valence-corrected chi connectivity index (χ0v) is 11.9. The molecule has 0 fully saturated rings. The van der Waals surface area contributed by atoms with Gasteiger partial charge >= 0.3 is 0 Å². The molecule has 0 aliphatic heterocycles. The van der Waals surface area contributed by atoms with E-state index in [-0.39, 0.29) is 5.84 Å². The normalized spacial score (nSPS) is 10.7. The van der Waals surface area contributed by atoms with Crippen LogP contribution in [0.5, 0.6) is 0 Å². The summed E-state index contributed by atoms with van der Waals surface area (Å²) in [7, 11) is 0. The van der Waals surface area contributed by atoms with Crippen molar-refractivity contribution in [3.8, 4) is 0 Å². The molecular weight excluding hydrogens is 254 g/mol. The van der Waals surface area contributed by atoms with Gasteiger partial charge < -0.3 is 5.73 Å². The molecule has 19 heavy (non-hydrogen) atoms. The smallest absolute Gasteiger partial charge is 0.124 e. The fraction of sp³-hybridized carbons (Fsp3) is 0.200. The molecule has 0 saturated heterocycles. The molecule has 1 heterocycles. The lowest BCUT2D eigenvalue weighted by Gasteiger charge is -2.09. The van der Waals surface area contributed by atoms with Crippen LogP contribution in [0.25, 0.3) is 0 Å². The maximum Gasteiger partial charge on any atom is 0.124 e. The Morgan fingerprint density at radius 2 is 1.89 bits per heavy atom. The van der Waals surface area contributed by atoms with Gasteiger partial charge in [-0.2, -0.15) is 0 Å². The monoisotopic (exact) mass is 271 g/mol. The number of pyridine rings is 1. The van der Waals surface area contributed by atoms with Crippen molar-refractivity contribution in [2.45, 2.75) is 29.6 Å². The minimum absolute atomic E-state index is 0.0729. The molecule has 0 aliphatic carbocycles. The molecule has 2 rings (SSSR count). The van der Waals surface area contributed by atoms with E-state index in [1.165, 1.54) is 5.56 Å². The molecule has 0 saturated carbocycles. The first kappa shape index (κ1) is 13.6. The number of nitrogens with zero attached hydrogens (tertiary/aromatic N) is 1. The van der Waals surface area contributed by atoms with Gasteiger partial charge in [-0.1, -0.05) is 37.7 Å². The zero-order valence-electron chi connectivity index (χ0n) is 11.1. The molecule has 1 aromatic heterocycles. The van der Waals surface area contributed by atoms with Gasteiger partial charge in [0.05, 0.1) is 0 Å². The lowest BCUT2D eigenvalue weighted by molar-refractivity contribution is 0.865. The van der Waals surface area contributed by atoms with Crippen molar-refractivity contribution in [1.29, 1.82) is 5.41 Å². The van der Waals surface area contributed by atoms with Gasteiger partial charge in [0, 0.05) is 27.7 Å². The Hall–Kier alpha value is -1.81. The summed E-state index contributed by atoms with van der Waals surface area (Å²) in [6.45, 7) is 4.36. The van der Waals surface area contributed by atoms with Gasteiger partial charge in [-0.05, 0) is 29.7 Å². The maximum absolute atomic E-state index is 7.57. The van der Waals surface area contributed by atoms with Gasteiger partial charge in [-0.3, -0.25) is 10.4 Å². The summed E-state index contributed by atoms with van der Waals surface area (Å²) < 4.78 is 0. The number of rotatable bonds is 4. The average molecular weight is 271 g/mol. The summed E-state index contributed by atoms with van der Waals surface area (Å²) in [5.74, 6) is 0.605. The van der Waals surface area contributed by atoms with E-state index < -0.39 is 0 Å².